The number of hydrogen-bond acceptors (Lipinski definition) is 3. The van der Waals surface area contributed by atoms with Crippen LogP contribution in [-0.2, 0) is 9.53 Å². The molecule has 0 saturated carbocycles. The van der Waals surface area contributed by atoms with Crippen LogP contribution >= 0.6 is 15.9 Å². The van der Waals surface area contributed by atoms with E-state index in [1.807, 2.05) is 13.0 Å². The summed E-state index contributed by atoms with van der Waals surface area (Å²) >= 11 is 3.36. The highest BCUT2D eigenvalue weighted by Crippen LogP contribution is 2.18. The van der Waals surface area contributed by atoms with Crippen LogP contribution in [0.5, 0.6) is 0 Å². The van der Waals surface area contributed by atoms with Gasteiger partial charge in [-0.1, -0.05) is 0 Å². The summed E-state index contributed by atoms with van der Waals surface area (Å²) in [5.41, 5.74) is 1.04. The molecule has 1 N–H and O–H groups in total. The zero-order valence-electron chi connectivity index (χ0n) is 9.00. The number of ether oxygens (including phenoxy) is 1. The van der Waals surface area contributed by atoms with E-state index in [1.165, 1.54) is 0 Å². The summed E-state index contributed by atoms with van der Waals surface area (Å²) in [5, 5.41) is 2.76. The number of halogens is 1. The Morgan fingerprint density at radius 1 is 1.69 bits per heavy atom. The molecule has 0 aromatic carbocycles. The van der Waals surface area contributed by atoms with Crippen molar-refractivity contribution in [3.8, 4) is 0 Å². The molecule has 2 heterocycles. The van der Waals surface area contributed by atoms with Gasteiger partial charge in [0.15, 0.2) is 0 Å². The second-order valence-corrected chi connectivity index (χ2v) is 4.66. The molecule has 16 heavy (non-hydrogen) atoms. The first kappa shape index (κ1) is 11.5. The Balaban J connectivity index is 2.02. The molecule has 1 aliphatic rings. The van der Waals surface area contributed by atoms with Gasteiger partial charge in [0.1, 0.15) is 11.9 Å². The molecule has 5 heteroatoms. The van der Waals surface area contributed by atoms with Crippen molar-refractivity contribution in [1.82, 2.24) is 4.98 Å². The predicted octanol–water partition coefficient (Wildman–Crippen LogP) is 2.27. The minimum absolute atomic E-state index is 0.105. The van der Waals surface area contributed by atoms with Crippen molar-refractivity contribution in [2.45, 2.75) is 25.9 Å². The van der Waals surface area contributed by atoms with Crippen molar-refractivity contribution >= 4 is 27.7 Å². The summed E-state index contributed by atoms with van der Waals surface area (Å²) in [6, 6.07) is 1.83. The van der Waals surface area contributed by atoms with Gasteiger partial charge < -0.3 is 10.1 Å². The molecular weight excluding hydrogens is 272 g/mol. The lowest BCUT2D eigenvalue weighted by Gasteiger charge is -2.10. The first-order valence-corrected chi connectivity index (χ1v) is 6.01. The highest BCUT2D eigenvalue weighted by Gasteiger charge is 2.23. The van der Waals surface area contributed by atoms with Gasteiger partial charge in [-0.05, 0) is 47.3 Å². The summed E-state index contributed by atoms with van der Waals surface area (Å²) in [6.07, 6.45) is 3.11. The summed E-state index contributed by atoms with van der Waals surface area (Å²) in [6.45, 7) is 2.62. The Morgan fingerprint density at radius 3 is 3.12 bits per heavy atom. The summed E-state index contributed by atoms with van der Waals surface area (Å²) in [7, 11) is 0. The number of rotatable bonds is 2. The number of nitrogens with one attached hydrogen (secondary N) is 1. The smallest absolute Gasteiger partial charge is 0.254 e. The normalized spacial score (nSPS) is 19.8. The Labute approximate surface area is 103 Å². The summed E-state index contributed by atoms with van der Waals surface area (Å²) < 4.78 is 6.22. The van der Waals surface area contributed by atoms with E-state index in [4.69, 9.17) is 4.74 Å². The Hall–Kier alpha value is -0.940. The highest BCUT2D eigenvalue weighted by atomic mass is 79.9. The highest BCUT2D eigenvalue weighted by molar-refractivity contribution is 9.10. The first-order valence-electron chi connectivity index (χ1n) is 5.21. The van der Waals surface area contributed by atoms with E-state index in [0.717, 1.165) is 22.9 Å². The number of anilines is 1. The van der Waals surface area contributed by atoms with Gasteiger partial charge in [0.25, 0.3) is 5.91 Å². The minimum atomic E-state index is -0.314. The van der Waals surface area contributed by atoms with Crippen LogP contribution in [0.15, 0.2) is 16.7 Å². The second-order valence-electron chi connectivity index (χ2n) is 3.81. The molecule has 1 aromatic rings. The van der Waals surface area contributed by atoms with Gasteiger partial charge in [-0.3, -0.25) is 4.79 Å². The SMILES string of the molecule is Cc1cc(NC(=O)[C@H]2CCCO2)ncc1Br. The summed E-state index contributed by atoms with van der Waals surface area (Å²) in [4.78, 5) is 15.8. The van der Waals surface area contributed by atoms with E-state index in [-0.39, 0.29) is 12.0 Å². The number of aryl methyl sites for hydroxylation is 1. The molecule has 1 aliphatic heterocycles. The molecule has 86 valence electrons. The molecule has 0 unspecified atom stereocenters. The standard InChI is InChI=1S/C11H13BrN2O2/c1-7-5-10(13-6-8(7)12)14-11(15)9-3-2-4-16-9/h5-6,9H,2-4H2,1H3,(H,13,14,15)/t9-/m1/s1. The van der Waals surface area contributed by atoms with Crippen molar-refractivity contribution in [2.75, 3.05) is 11.9 Å². The predicted molar refractivity (Wildman–Crippen MR) is 64.3 cm³/mol. The first-order chi connectivity index (χ1) is 7.66. The molecule has 0 bridgehead atoms. The zero-order chi connectivity index (χ0) is 11.5. The summed E-state index contributed by atoms with van der Waals surface area (Å²) in [5.74, 6) is 0.466. The topological polar surface area (TPSA) is 51.2 Å². The lowest BCUT2D eigenvalue weighted by Crippen LogP contribution is -2.27. The Kier molecular flexibility index (Phi) is 3.56. The molecule has 0 spiro atoms. The Bertz CT molecular complexity index is 403. The number of carbonyl (C=O) groups excluding carboxylic acids is 1. The molecule has 1 saturated heterocycles. The van der Waals surface area contributed by atoms with E-state index in [2.05, 4.69) is 26.2 Å². The molecule has 1 atom stereocenters. The van der Waals surface area contributed by atoms with Crippen molar-refractivity contribution in [2.24, 2.45) is 0 Å². The van der Waals surface area contributed by atoms with E-state index in [9.17, 15) is 4.79 Å². The van der Waals surface area contributed by atoms with Crippen LogP contribution < -0.4 is 5.32 Å². The van der Waals surface area contributed by atoms with E-state index in [1.54, 1.807) is 6.20 Å². The largest absolute Gasteiger partial charge is 0.368 e. The molecule has 4 nitrogen and oxygen atoms in total. The minimum Gasteiger partial charge on any atom is -0.368 e. The lowest BCUT2D eigenvalue weighted by atomic mass is 10.2. The van der Waals surface area contributed by atoms with Crippen LogP contribution in [-0.4, -0.2) is 23.6 Å². The van der Waals surface area contributed by atoms with Crippen LogP contribution in [0.3, 0.4) is 0 Å². The van der Waals surface area contributed by atoms with E-state index >= 15 is 0 Å². The van der Waals surface area contributed by atoms with Crippen LogP contribution in [0.1, 0.15) is 18.4 Å². The number of aromatic nitrogens is 1. The average Bonchev–Trinajstić information content (AvgIpc) is 2.77. The molecule has 0 radical (unpaired) electrons. The van der Waals surface area contributed by atoms with E-state index < -0.39 is 0 Å². The van der Waals surface area contributed by atoms with Crippen molar-refractivity contribution in [3.05, 3.63) is 22.3 Å². The maximum atomic E-state index is 11.7. The second kappa shape index (κ2) is 4.93. The fourth-order valence-corrected chi connectivity index (χ4v) is 1.82. The number of hydrogen-bond donors (Lipinski definition) is 1. The van der Waals surface area contributed by atoms with Crippen LogP contribution in [0, 0.1) is 6.92 Å². The third-order valence-corrected chi connectivity index (χ3v) is 3.35. The lowest BCUT2D eigenvalue weighted by molar-refractivity contribution is -0.124. The quantitative estimate of drug-likeness (QED) is 0.907. The average molecular weight is 285 g/mol. The van der Waals surface area contributed by atoms with Crippen LogP contribution in [0.25, 0.3) is 0 Å². The Morgan fingerprint density at radius 2 is 2.50 bits per heavy atom. The van der Waals surface area contributed by atoms with Gasteiger partial charge in [0.2, 0.25) is 0 Å². The number of pyridine rings is 1. The van der Waals surface area contributed by atoms with Gasteiger partial charge >= 0.3 is 0 Å². The van der Waals surface area contributed by atoms with Crippen molar-refractivity contribution in [3.63, 3.8) is 0 Å². The van der Waals surface area contributed by atoms with Gasteiger partial charge in [0, 0.05) is 17.3 Å². The van der Waals surface area contributed by atoms with Gasteiger partial charge in [0.05, 0.1) is 0 Å². The maximum absolute atomic E-state index is 11.7. The third-order valence-electron chi connectivity index (χ3n) is 2.52. The molecule has 2 rings (SSSR count). The fraction of sp³-hybridized carbons (Fsp3) is 0.455. The fourth-order valence-electron chi connectivity index (χ4n) is 1.60. The van der Waals surface area contributed by atoms with Crippen LogP contribution in [0.2, 0.25) is 0 Å². The van der Waals surface area contributed by atoms with Crippen molar-refractivity contribution < 1.29 is 9.53 Å². The number of nitrogens with zero attached hydrogens (tertiary/aromatic N) is 1. The van der Waals surface area contributed by atoms with E-state index in [0.29, 0.717) is 12.4 Å². The van der Waals surface area contributed by atoms with Gasteiger partial charge in [-0.25, -0.2) is 4.98 Å². The van der Waals surface area contributed by atoms with Crippen LogP contribution in [0.4, 0.5) is 5.82 Å². The zero-order valence-corrected chi connectivity index (χ0v) is 10.6. The maximum Gasteiger partial charge on any atom is 0.254 e. The molecular formula is C11H13BrN2O2. The van der Waals surface area contributed by atoms with Crippen molar-refractivity contribution in [1.29, 1.82) is 0 Å². The molecule has 1 aromatic heterocycles. The number of carbonyl (C=O) groups is 1. The molecule has 1 fully saturated rings. The molecule has 1 amide bonds. The monoisotopic (exact) mass is 284 g/mol. The van der Waals surface area contributed by atoms with Gasteiger partial charge in [-0.15, -0.1) is 0 Å². The molecule has 0 aliphatic carbocycles. The van der Waals surface area contributed by atoms with Gasteiger partial charge in [-0.2, -0.15) is 0 Å². The third kappa shape index (κ3) is 2.59. The number of amides is 1.